The van der Waals surface area contributed by atoms with Gasteiger partial charge in [0.1, 0.15) is 12.4 Å². The largest absolute Gasteiger partial charge is 0.377 e. The molecule has 7 nitrogen and oxygen atoms in total. The van der Waals surface area contributed by atoms with Gasteiger partial charge in [-0.05, 0) is 38.0 Å². The van der Waals surface area contributed by atoms with Crippen LogP contribution in [-0.2, 0) is 11.3 Å². The van der Waals surface area contributed by atoms with E-state index in [2.05, 4.69) is 20.3 Å². The first-order valence-corrected chi connectivity index (χ1v) is 9.60. The lowest BCUT2D eigenvalue weighted by atomic mass is 9.78. The molecule has 0 saturated heterocycles. The van der Waals surface area contributed by atoms with E-state index in [4.69, 9.17) is 4.74 Å². The van der Waals surface area contributed by atoms with E-state index < -0.39 is 0 Å². The third-order valence-electron chi connectivity index (χ3n) is 4.74. The van der Waals surface area contributed by atoms with Crippen molar-refractivity contribution < 1.29 is 9.53 Å². The molecule has 1 fully saturated rings. The number of hydrogen-bond acceptors (Lipinski definition) is 6. The van der Waals surface area contributed by atoms with Crippen LogP contribution < -0.4 is 10.9 Å². The molecule has 2 N–H and O–H groups in total. The molecule has 140 valence electrons. The van der Waals surface area contributed by atoms with E-state index in [-0.39, 0.29) is 30.0 Å². The average molecular weight is 384 g/mol. The van der Waals surface area contributed by atoms with E-state index in [0.717, 1.165) is 33.8 Å². The zero-order chi connectivity index (χ0) is 19.0. The third kappa shape index (κ3) is 3.77. The van der Waals surface area contributed by atoms with Gasteiger partial charge in [0, 0.05) is 30.7 Å². The van der Waals surface area contributed by atoms with Crippen LogP contribution >= 0.6 is 11.3 Å². The molecule has 0 spiro atoms. The normalized spacial score (nSPS) is 19.0. The van der Waals surface area contributed by atoms with Crippen molar-refractivity contribution in [3.63, 3.8) is 0 Å². The molecule has 0 bridgehead atoms. The molecule has 2 heterocycles. The topological polar surface area (TPSA) is 97.0 Å². The number of aryl methyl sites for hydroxylation is 1. The van der Waals surface area contributed by atoms with Crippen LogP contribution in [0.15, 0.2) is 29.1 Å². The minimum Gasteiger partial charge on any atom is -0.377 e. The molecule has 0 atom stereocenters. The van der Waals surface area contributed by atoms with Gasteiger partial charge in [-0.2, -0.15) is 0 Å². The number of nitrogens with zero attached hydrogens (tertiary/aromatic N) is 2. The molecular weight excluding hydrogens is 364 g/mol. The van der Waals surface area contributed by atoms with E-state index in [0.29, 0.717) is 11.4 Å². The van der Waals surface area contributed by atoms with Gasteiger partial charge in [-0.3, -0.25) is 9.59 Å². The predicted molar refractivity (Wildman–Crippen MR) is 103 cm³/mol. The molecule has 0 radical (unpaired) electrons. The van der Waals surface area contributed by atoms with Crippen molar-refractivity contribution in [1.29, 1.82) is 0 Å². The Labute approximate surface area is 159 Å². The summed E-state index contributed by atoms with van der Waals surface area (Å²) in [5.41, 5.74) is 2.06. The molecule has 4 rings (SSSR count). The van der Waals surface area contributed by atoms with Gasteiger partial charge in [0.15, 0.2) is 0 Å². The highest BCUT2D eigenvalue weighted by atomic mass is 32.1. The van der Waals surface area contributed by atoms with Gasteiger partial charge >= 0.3 is 0 Å². The first kappa shape index (κ1) is 17.8. The molecule has 1 saturated carbocycles. The molecule has 8 heteroatoms. The van der Waals surface area contributed by atoms with Crippen molar-refractivity contribution in [2.24, 2.45) is 0 Å². The van der Waals surface area contributed by atoms with Crippen molar-refractivity contribution in [2.45, 2.75) is 38.3 Å². The Balaban J connectivity index is 1.39. The van der Waals surface area contributed by atoms with Gasteiger partial charge in [-0.25, -0.2) is 9.97 Å². The minimum atomic E-state index is -0.175. The van der Waals surface area contributed by atoms with E-state index in [1.807, 2.05) is 25.1 Å². The van der Waals surface area contributed by atoms with Crippen molar-refractivity contribution in [3.8, 4) is 0 Å². The van der Waals surface area contributed by atoms with Crippen LogP contribution in [0.5, 0.6) is 0 Å². The Morgan fingerprint density at radius 3 is 2.93 bits per heavy atom. The van der Waals surface area contributed by atoms with Gasteiger partial charge in [-0.1, -0.05) is 0 Å². The number of carbonyl (C=O) groups is 1. The van der Waals surface area contributed by atoms with Gasteiger partial charge in [0.25, 0.3) is 11.5 Å². The number of nitrogens with one attached hydrogen (secondary N) is 2. The number of rotatable bonds is 5. The molecule has 1 aliphatic rings. The Bertz CT molecular complexity index is 1050. The lowest BCUT2D eigenvalue weighted by molar-refractivity contribution is 0.0908. The van der Waals surface area contributed by atoms with Crippen LogP contribution in [0.3, 0.4) is 0 Å². The monoisotopic (exact) mass is 384 g/mol. The van der Waals surface area contributed by atoms with Crippen LogP contribution in [0.4, 0.5) is 0 Å². The minimum absolute atomic E-state index is 0.0855. The summed E-state index contributed by atoms with van der Waals surface area (Å²) in [5.74, 6) is 0.612. The fourth-order valence-corrected chi connectivity index (χ4v) is 4.18. The fourth-order valence-electron chi connectivity index (χ4n) is 3.37. The van der Waals surface area contributed by atoms with E-state index >= 15 is 0 Å². The lowest BCUT2D eigenvalue weighted by Gasteiger charge is -2.35. The first-order valence-electron chi connectivity index (χ1n) is 8.79. The Morgan fingerprint density at radius 2 is 2.15 bits per heavy atom. The summed E-state index contributed by atoms with van der Waals surface area (Å²) in [6, 6.07) is 7.22. The zero-order valence-electron chi connectivity index (χ0n) is 15.1. The van der Waals surface area contributed by atoms with Gasteiger partial charge in [-0.15, -0.1) is 11.3 Å². The van der Waals surface area contributed by atoms with Crippen molar-refractivity contribution >= 4 is 27.5 Å². The van der Waals surface area contributed by atoms with E-state index in [9.17, 15) is 9.59 Å². The van der Waals surface area contributed by atoms with E-state index in [1.54, 1.807) is 18.4 Å². The fraction of sp³-hybridized carbons (Fsp3) is 0.368. The second-order valence-electron chi connectivity index (χ2n) is 6.80. The van der Waals surface area contributed by atoms with Crippen LogP contribution in [0, 0.1) is 6.92 Å². The number of amides is 1. The smallest absolute Gasteiger partial charge is 0.251 e. The molecule has 0 unspecified atom stereocenters. The maximum Gasteiger partial charge on any atom is 0.251 e. The third-order valence-corrected chi connectivity index (χ3v) is 5.69. The van der Waals surface area contributed by atoms with Gasteiger partial charge in [0.2, 0.25) is 0 Å². The number of aromatic amines is 1. The SMILES string of the molecule is COCc1nc(C2CC(NC(=O)c3ccc4sc(C)nc4c3)C2)cc(=O)[nH]1. The van der Waals surface area contributed by atoms with Crippen LogP contribution in [-0.4, -0.2) is 34.0 Å². The number of aromatic nitrogens is 3. The van der Waals surface area contributed by atoms with Crippen molar-refractivity contribution in [1.82, 2.24) is 20.3 Å². The number of hydrogen-bond donors (Lipinski definition) is 2. The maximum atomic E-state index is 12.5. The summed E-state index contributed by atoms with van der Waals surface area (Å²) in [6.07, 6.45) is 1.54. The summed E-state index contributed by atoms with van der Waals surface area (Å²) in [6.45, 7) is 2.23. The lowest BCUT2D eigenvalue weighted by Crippen LogP contribution is -2.43. The highest BCUT2D eigenvalue weighted by Gasteiger charge is 2.33. The Morgan fingerprint density at radius 1 is 1.33 bits per heavy atom. The van der Waals surface area contributed by atoms with Crippen LogP contribution in [0.1, 0.15) is 45.6 Å². The average Bonchev–Trinajstić information content (AvgIpc) is 2.96. The first-order chi connectivity index (χ1) is 13.0. The summed E-state index contributed by atoms with van der Waals surface area (Å²) in [5, 5.41) is 4.05. The van der Waals surface area contributed by atoms with Crippen molar-refractivity contribution in [3.05, 3.63) is 56.7 Å². The molecule has 1 aromatic carbocycles. The molecule has 1 amide bonds. The predicted octanol–water partition coefficient (Wildman–Crippen LogP) is 2.51. The van der Waals surface area contributed by atoms with Gasteiger partial charge in [0.05, 0.1) is 20.9 Å². The maximum absolute atomic E-state index is 12.5. The number of carbonyl (C=O) groups excluding carboxylic acids is 1. The highest BCUT2D eigenvalue weighted by molar-refractivity contribution is 7.18. The molecular formula is C19H20N4O3S. The Hall–Kier alpha value is -2.58. The molecule has 0 aliphatic heterocycles. The zero-order valence-corrected chi connectivity index (χ0v) is 15.9. The molecule has 1 aliphatic carbocycles. The molecule has 3 aromatic rings. The summed E-state index contributed by atoms with van der Waals surface area (Å²) in [4.78, 5) is 35.8. The van der Waals surface area contributed by atoms with Crippen LogP contribution in [0.25, 0.3) is 10.2 Å². The molecule has 2 aromatic heterocycles. The number of fused-ring (bicyclic) bond motifs is 1. The summed E-state index contributed by atoms with van der Waals surface area (Å²) >= 11 is 1.62. The van der Waals surface area contributed by atoms with Crippen LogP contribution in [0.2, 0.25) is 0 Å². The highest BCUT2D eigenvalue weighted by Crippen LogP contribution is 2.35. The second-order valence-corrected chi connectivity index (χ2v) is 8.04. The quantitative estimate of drug-likeness (QED) is 0.704. The number of H-pyrrole nitrogens is 1. The number of benzene rings is 1. The molecule has 27 heavy (non-hydrogen) atoms. The Kier molecular flexibility index (Phi) is 4.75. The number of ether oxygens (including phenoxy) is 1. The standard InChI is InChI=1S/C19H20N4O3S/c1-10-20-15-7-11(3-4-16(15)27-10)19(25)21-13-5-12(6-13)14-8-18(24)23-17(22-14)9-26-2/h3-4,7-8,12-13H,5-6,9H2,1-2H3,(H,21,25)(H,22,23,24). The number of methoxy groups -OCH3 is 1. The number of thiazole rings is 1. The van der Waals surface area contributed by atoms with E-state index in [1.165, 1.54) is 6.07 Å². The summed E-state index contributed by atoms with van der Waals surface area (Å²) in [7, 11) is 1.56. The van der Waals surface area contributed by atoms with Gasteiger partial charge < -0.3 is 15.0 Å². The van der Waals surface area contributed by atoms with Crippen molar-refractivity contribution in [2.75, 3.05) is 7.11 Å². The second kappa shape index (κ2) is 7.21. The summed E-state index contributed by atoms with van der Waals surface area (Å²) < 4.78 is 6.11.